The molecule has 1 N–H and O–H groups in total. The molecule has 0 spiro atoms. The van der Waals surface area contributed by atoms with Crippen LogP contribution < -0.4 is 4.90 Å². The van der Waals surface area contributed by atoms with Crippen LogP contribution in [0.5, 0.6) is 0 Å². The number of carbonyl (C=O) groups is 1. The van der Waals surface area contributed by atoms with Crippen LogP contribution in [-0.4, -0.2) is 40.6 Å². The lowest BCUT2D eigenvalue weighted by Crippen LogP contribution is -2.31. The number of hydrogen-bond acceptors (Lipinski definition) is 4. The van der Waals surface area contributed by atoms with Crippen LogP contribution in [0.15, 0.2) is 82.8 Å². The van der Waals surface area contributed by atoms with E-state index in [0.717, 1.165) is 59.2 Å². The minimum absolute atomic E-state index is 0.104. The molecule has 38 heavy (non-hydrogen) atoms. The van der Waals surface area contributed by atoms with Gasteiger partial charge in [0.15, 0.2) is 5.17 Å². The largest absolute Gasteiger partial charge is 0.369 e. The lowest BCUT2D eigenvalue weighted by molar-refractivity contribution is -0.122. The van der Waals surface area contributed by atoms with Gasteiger partial charge < -0.3 is 9.88 Å². The van der Waals surface area contributed by atoms with E-state index >= 15 is 4.39 Å². The van der Waals surface area contributed by atoms with Gasteiger partial charge in [0.05, 0.1) is 16.3 Å². The summed E-state index contributed by atoms with van der Waals surface area (Å²) >= 11 is 1.35. The number of nitrogens with zero attached hydrogens (tertiary/aromatic N) is 3. The monoisotopic (exact) mass is 524 g/mol. The van der Waals surface area contributed by atoms with E-state index in [1.54, 1.807) is 11.0 Å². The maximum absolute atomic E-state index is 15.1. The average Bonchev–Trinajstić information content (AvgIpc) is 3.66. The second kappa shape index (κ2) is 10.5. The highest BCUT2D eigenvalue weighted by Gasteiger charge is 2.33. The fourth-order valence-corrected chi connectivity index (χ4v) is 6.17. The van der Waals surface area contributed by atoms with Gasteiger partial charge >= 0.3 is 0 Å². The molecule has 5 nitrogen and oxygen atoms in total. The van der Waals surface area contributed by atoms with E-state index < -0.39 is 0 Å². The van der Waals surface area contributed by atoms with E-state index in [1.807, 2.05) is 67.7 Å². The molecule has 2 fully saturated rings. The van der Waals surface area contributed by atoms with Crippen molar-refractivity contribution in [3.63, 3.8) is 0 Å². The lowest BCUT2D eigenvalue weighted by atomic mass is 10.1. The Labute approximate surface area is 226 Å². The van der Waals surface area contributed by atoms with Gasteiger partial charge in [-0.1, -0.05) is 36.4 Å². The minimum atomic E-state index is -0.242. The number of fused-ring (bicyclic) bond motifs is 1. The minimum Gasteiger partial charge on any atom is -0.369 e. The van der Waals surface area contributed by atoms with Crippen molar-refractivity contribution in [3.8, 4) is 0 Å². The van der Waals surface area contributed by atoms with Crippen molar-refractivity contribution in [3.05, 3.63) is 100 Å². The second-order valence-corrected chi connectivity index (χ2v) is 10.8. The van der Waals surface area contributed by atoms with Crippen molar-refractivity contribution >= 4 is 51.2 Å². The number of carbonyl (C=O) groups excluding carboxylic acids is 1. The molecular weight excluding hydrogens is 495 g/mol. The van der Waals surface area contributed by atoms with Crippen LogP contribution in [0, 0.1) is 12.7 Å². The fourth-order valence-electron chi connectivity index (χ4n) is 5.15. The lowest BCUT2D eigenvalue weighted by Gasteiger charge is -2.19. The fraction of sp³-hybridized carbons (Fsp3) is 0.226. The number of H-pyrrole nitrogens is 1. The molecule has 2 aliphatic heterocycles. The van der Waals surface area contributed by atoms with E-state index in [2.05, 4.69) is 22.0 Å². The van der Waals surface area contributed by atoms with Crippen LogP contribution in [0.1, 0.15) is 29.5 Å². The molecule has 1 aromatic heterocycles. The van der Waals surface area contributed by atoms with Gasteiger partial charge in [-0.25, -0.2) is 9.38 Å². The van der Waals surface area contributed by atoms with Crippen molar-refractivity contribution < 1.29 is 9.18 Å². The quantitative estimate of drug-likeness (QED) is 0.275. The number of nitrogens with one attached hydrogen (secondary N) is 1. The summed E-state index contributed by atoms with van der Waals surface area (Å²) < 4.78 is 15.1. The van der Waals surface area contributed by atoms with Crippen LogP contribution in [0.3, 0.4) is 0 Å². The zero-order valence-corrected chi connectivity index (χ0v) is 22.1. The Bertz CT molecular complexity index is 1550. The molecule has 0 radical (unpaired) electrons. The highest BCUT2D eigenvalue weighted by Crippen LogP contribution is 2.36. The van der Waals surface area contributed by atoms with E-state index in [-0.39, 0.29) is 11.7 Å². The standard InChI is InChI=1S/C31H29FN4OS/c1-21-17-28(35-14-7-8-15-35)26(32)18-23(21)19-29-30(37)36(31(38-29)34-24-9-3-2-4-10-24)16-13-22-20-33-27-12-6-5-11-25(22)27/h2-6,9-12,17-20,33H,7-8,13-16H2,1H3/b29-19-,34-31?. The topological polar surface area (TPSA) is 51.7 Å². The summed E-state index contributed by atoms with van der Waals surface area (Å²) in [7, 11) is 0. The number of amides is 1. The predicted octanol–water partition coefficient (Wildman–Crippen LogP) is 7.06. The summed E-state index contributed by atoms with van der Waals surface area (Å²) in [5.41, 5.74) is 5.35. The van der Waals surface area contributed by atoms with Gasteiger partial charge in [-0.15, -0.1) is 0 Å². The van der Waals surface area contributed by atoms with Crippen molar-refractivity contribution in [1.82, 2.24) is 9.88 Å². The van der Waals surface area contributed by atoms with E-state index in [1.165, 1.54) is 11.8 Å². The molecule has 0 saturated carbocycles. The smallest absolute Gasteiger partial charge is 0.266 e. The molecular formula is C31H29FN4OS. The molecule has 0 aliphatic carbocycles. The van der Waals surface area contributed by atoms with Gasteiger partial charge in [0.2, 0.25) is 0 Å². The number of amidine groups is 1. The second-order valence-electron chi connectivity index (χ2n) is 9.76. The molecule has 0 atom stereocenters. The number of thioether (sulfide) groups is 1. The Kier molecular flexibility index (Phi) is 6.77. The molecule has 2 aliphatic rings. The molecule has 3 heterocycles. The first-order chi connectivity index (χ1) is 18.6. The Morgan fingerprint density at radius 2 is 1.82 bits per heavy atom. The third-order valence-corrected chi connectivity index (χ3v) is 8.22. The van der Waals surface area contributed by atoms with Crippen molar-refractivity contribution in [2.75, 3.05) is 24.5 Å². The maximum Gasteiger partial charge on any atom is 0.266 e. The Balaban J connectivity index is 1.31. The Morgan fingerprint density at radius 1 is 1.05 bits per heavy atom. The third-order valence-electron chi connectivity index (χ3n) is 7.22. The molecule has 3 aromatic carbocycles. The number of aromatic nitrogens is 1. The summed E-state index contributed by atoms with van der Waals surface area (Å²) in [4.78, 5) is 26.2. The number of halogens is 1. The van der Waals surface area contributed by atoms with Gasteiger partial charge in [-0.2, -0.15) is 0 Å². The van der Waals surface area contributed by atoms with Gasteiger partial charge in [-0.05, 0) is 91.0 Å². The molecule has 7 heteroatoms. The molecule has 192 valence electrons. The number of aryl methyl sites for hydroxylation is 1. The number of aromatic amines is 1. The van der Waals surface area contributed by atoms with Crippen molar-refractivity contribution in [2.24, 2.45) is 4.99 Å². The summed E-state index contributed by atoms with van der Waals surface area (Å²) in [5, 5.41) is 1.80. The van der Waals surface area contributed by atoms with Crippen molar-refractivity contribution in [2.45, 2.75) is 26.2 Å². The van der Waals surface area contributed by atoms with Crippen molar-refractivity contribution in [1.29, 1.82) is 0 Å². The Morgan fingerprint density at radius 3 is 2.63 bits per heavy atom. The normalized spacial score (nSPS) is 18.0. The first-order valence-corrected chi connectivity index (χ1v) is 13.8. The van der Waals surface area contributed by atoms with E-state index in [9.17, 15) is 4.79 Å². The Hall–Kier alpha value is -3.84. The third kappa shape index (κ3) is 4.86. The number of rotatable bonds is 6. The number of hydrogen-bond donors (Lipinski definition) is 1. The number of benzene rings is 3. The number of anilines is 1. The average molecular weight is 525 g/mol. The highest BCUT2D eigenvalue weighted by atomic mass is 32.2. The first kappa shape index (κ1) is 24.5. The van der Waals surface area contributed by atoms with Crippen LogP contribution in [-0.2, 0) is 11.2 Å². The maximum atomic E-state index is 15.1. The number of para-hydroxylation sites is 2. The van der Waals surface area contributed by atoms with Gasteiger partial charge in [0, 0.05) is 36.7 Å². The summed E-state index contributed by atoms with van der Waals surface area (Å²) in [6.45, 7) is 4.24. The SMILES string of the molecule is Cc1cc(N2CCCC2)c(F)cc1/C=C1\SC(=Nc2ccccc2)N(CCc2c[nH]c3ccccc23)C1=O. The zero-order valence-electron chi connectivity index (χ0n) is 21.3. The van der Waals surface area contributed by atoms with Crippen LogP contribution in [0.2, 0.25) is 0 Å². The molecule has 6 rings (SSSR count). The molecule has 0 unspecified atom stereocenters. The van der Waals surface area contributed by atoms with E-state index in [0.29, 0.717) is 28.7 Å². The first-order valence-electron chi connectivity index (χ1n) is 13.0. The summed E-state index contributed by atoms with van der Waals surface area (Å²) in [5.74, 6) is -0.345. The summed E-state index contributed by atoms with van der Waals surface area (Å²) in [6.07, 6.45) is 6.69. The van der Waals surface area contributed by atoms with Crippen LogP contribution >= 0.6 is 11.8 Å². The van der Waals surface area contributed by atoms with Gasteiger partial charge in [0.1, 0.15) is 5.82 Å². The summed E-state index contributed by atoms with van der Waals surface area (Å²) in [6, 6.07) is 21.3. The van der Waals surface area contributed by atoms with E-state index in [4.69, 9.17) is 4.99 Å². The molecule has 1 amide bonds. The molecule has 4 aromatic rings. The van der Waals surface area contributed by atoms with Crippen LogP contribution in [0.4, 0.5) is 15.8 Å². The zero-order chi connectivity index (χ0) is 26.1. The molecule has 2 saturated heterocycles. The van der Waals surface area contributed by atoms with Gasteiger partial charge in [-0.3, -0.25) is 9.69 Å². The predicted molar refractivity (Wildman–Crippen MR) is 155 cm³/mol. The van der Waals surface area contributed by atoms with Crippen LogP contribution in [0.25, 0.3) is 17.0 Å². The highest BCUT2D eigenvalue weighted by molar-refractivity contribution is 8.18. The molecule has 0 bridgehead atoms. The van der Waals surface area contributed by atoms with Gasteiger partial charge in [0.25, 0.3) is 5.91 Å². The number of aliphatic imine (C=N–C) groups is 1.